The number of sulfonamides is 1. The van der Waals surface area contributed by atoms with Gasteiger partial charge in [-0.3, -0.25) is 4.79 Å². The maximum Gasteiger partial charge on any atom is 0.244 e. The maximum atomic E-state index is 13.7. The number of rotatable bonds is 4. The summed E-state index contributed by atoms with van der Waals surface area (Å²) in [5.41, 5.74) is 3.67. The van der Waals surface area contributed by atoms with E-state index in [1.54, 1.807) is 20.8 Å². The summed E-state index contributed by atoms with van der Waals surface area (Å²) in [6.07, 6.45) is 0. The Morgan fingerprint density at radius 2 is 1.86 bits per heavy atom. The first kappa shape index (κ1) is 17.3. The molecule has 118 valence electrons. The number of nitrogens with two attached hydrogens (primary N) is 1. The molecule has 0 heterocycles. The Kier molecular flexibility index (Phi) is 4.90. The molecular formula is C12H17F2N3O3S. The van der Waals surface area contributed by atoms with E-state index in [0.29, 0.717) is 0 Å². The lowest BCUT2D eigenvalue weighted by atomic mass is 10.1. The number of benzene rings is 1. The lowest BCUT2D eigenvalue weighted by molar-refractivity contribution is -0.121. The second-order valence-electron chi connectivity index (χ2n) is 5.40. The summed E-state index contributed by atoms with van der Waals surface area (Å²) in [6, 6.07) is 1.48. The summed E-state index contributed by atoms with van der Waals surface area (Å²) in [4.78, 5) is 10.7. The molecule has 0 fully saturated rings. The topological polar surface area (TPSA) is 101 Å². The van der Waals surface area contributed by atoms with Gasteiger partial charge in [0, 0.05) is 5.54 Å². The van der Waals surface area contributed by atoms with Gasteiger partial charge in [0.1, 0.15) is 16.4 Å². The number of anilines is 1. The second kappa shape index (κ2) is 5.94. The van der Waals surface area contributed by atoms with E-state index in [4.69, 9.17) is 5.73 Å². The van der Waals surface area contributed by atoms with Gasteiger partial charge in [-0.25, -0.2) is 21.9 Å². The molecule has 1 aromatic carbocycles. The molecule has 0 saturated carbocycles. The molecule has 0 aromatic heterocycles. The molecule has 0 saturated heterocycles. The SMILES string of the molecule is CC(C)(C)NC(=O)CNS(=O)(=O)c1ccc(F)c(N)c1F. The van der Waals surface area contributed by atoms with E-state index in [1.165, 1.54) is 0 Å². The molecular weight excluding hydrogens is 304 g/mol. The number of hydrogen-bond acceptors (Lipinski definition) is 4. The molecule has 0 aliphatic heterocycles. The highest BCUT2D eigenvalue weighted by atomic mass is 32.2. The van der Waals surface area contributed by atoms with Crippen LogP contribution in [0.5, 0.6) is 0 Å². The molecule has 4 N–H and O–H groups in total. The molecule has 0 unspecified atom stereocenters. The van der Waals surface area contributed by atoms with E-state index in [9.17, 15) is 22.0 Å². The largest absolute Gasteiger partial charge is 0.394 e. The van der Waals surface area contributed by atoms with E-state index >= 15 is 0 Å². The fourth-order valence-corrected chi connectivity index (χ4v) is 2.53. The van der Waals surface area contributed by atoms with Gasteiger partial charge in [-0.1, -0.05) is 0 Å². The predicted octanol–water partition coefficient (Wildman–Crippen LogP) is 0.740. The number of halogens is 2. The molecule has 0 spiro atoms. The van der Waals surface area contributed by atoms with Gasteiger partial charge in [0.2, 0.25) is 15.9 Å². The van der Waals surface area contributed by atoms with E-state index in [-0.39, 0.29) is 0 Å². The minimum absolute atomic E-state index is 0.534. The Bertz CT molecular complexity index is 654. The van der Waals surface area contributed by atoms with Crippen LogP contribution in [0.3, 0.4) is 0 Å². The lowest BCUT2D eigenvalue weighted by Gasteiger charge is -2.20. The number of carbonyl (C=O) groups is 1. The minimum Gasteiger partial charge on any atom is -0.394 e. The number of nitrogen functional groups attached to an aromatic ring is 1. The molecule has 1 amide bonds. The quantitative estimate of drug-likeness (QED) is 0.712. The normalized spacial score (nSPS) is 12.2. The van der Waals surface area contributed by atoms with Crippen molar-refractivity contribution in [3.63, 3.8) is 0 Å². The third-order valence-corrected chi connectivity index (χ3v) is 3.74. The van der Waals surface area contributed by atoms with Gasteiger partial charge in [-0.05, 0) is 32.9 Å². The average molecular weight is 321 g/mol. The van der Waals surface area contributed by atoms with Gasteiger partial charge in [0.15, 0.2) is 5.82 Å². The zero-order chi connectivity index (χ0) is 16.4. The van der Waals surface area contributed by atoms with Gasteiger partial charge in [-0.15, -0.1) is 0 Å². The summed E-state index contributed by atoms with van der Waals surface area (Å²) in [5.74, 6) is -3.03. The molecule has 0 aliphatic carbocycles. The molecule has 1 rings (SSSR count). The van der Waals surface area contributed by atoms with Crippen LogP contribution in [0, 0.1) is 11.6 Å². The molecule has 21 heavy (non-hydrogen) atoms. The van der Waals surface area contributed by atoms with Crippen LogP contribution in [-0.2, 0) is 14.8 Å². The highest BCUT2D eigenvalue weighted by Gasteiger charge is 2.24. The molecule has 0 bridgehead atoms. The monoisotopic (exact) mass is 321 g/mol. The Morgan fingerprint density at radius 1 is 1.29 bits per heavy atom. The molecule has 0 aliphatic rings. The van der Waals surface area contributed by atoms with Gasteiger partial charge in [-0.2, -0.15) is 0 Å². The number of carbonyl (C=O) groups excluding carboxylic acids is 1. The number of hydrogen-bond donors (Lipinski definition) is 3. The first-order chi connectivity index (χ1) is 9.44. The lowest BCUT2D eigenvalue weighted by Crippen LogP contribution is -2.45. The second-order valence-corrected chi connectivity index (χ2v) is 7.13. The van der Waals surface area contributed by atoms with E-state index < -0.39 is 50.2 Å². The van der Waals surface area contributed by atoms with Crippen LogP contribution >= 0.6 is 0 Å². The first-order valence-electron chi connectivity index (χ1n) is 5.98. The van der Waals surface area contributed by atoms with Crippen molar-refractivity contribution in [3.05, 3.63) is 23.8 Å². The molecule has 1 aromatic rings. The van der Waals surface area contributed by atoms with Crippen LogP contribution in [0.4, 0.5) is 14.5 Å². The third kappa shape index (κ3) is 4.64. The van der Waals surface area contributed by atoms with Gasteiger partial charge in [0.25, 0.3) is 0 Å². The van der Waals surface area contributed by atoms with Crippen molar-refractivity contribution in [2.45, 2.75) is 31.2 Å². The highest BCUT2D eigenvalue weighted by Crippen LogP contribution is 2.22. The smallest absolute Gasteiger partial charge is 0.244 e. The summed E-state index contributed by atoms with van der Waals surface area (Å²) >= 11 is 0. The van der Waals surface area contributed by atoms with Crippen LogP contribution in [0.1, 0.15) is 20.8 Å². The van der Waals surface area contributed by atoms with Crippen LogP contribution < -0.4 is 15.8 Å². The Morgan fingerprint density at radius 3 is 2.38 bits per heavy atom. The number of amides is 1. The standard InChI is InChI=1S/C12H17F2N3O3S/c1-12(2,3)17-9(18)6-16-21(19,20)8-5-4-7(13)11(15)10(8)14/h4-5,16H,6,15H2,1-3H3,(H,17,18). The fraction of sp³-hybridized carbons (Fsp3) is 0.417. The number of nitrogens with one attached hydrogen (secondary N) is 2. The van der Waals surface area contributed by atoms with E-state index in [2.05, 4.69) is 5.32 Å². The first-order valence-corrected chi connectivity index (χ1v) is 7.46. The summed E-state index contributed by atoms with van der Waals surface area (Å²) < 4.78 is 52.4. The molecule has 6 nitrogen and oxygen atoms in total. The molecule has 0 radical (unpaired) electrons. The van der Waals surface area contributed by atoms with E-state index in [0.717, 1.165) is 12.1 Å². The highest BCUT2D eigenvalue weighted by molar-refractivity contribution is 7.89. The average Bonchev–Trinajstić information content (AvgIpc) is 2.31. The summed E-state index contributed by atoms with van der Waals surface area (Å²) in [5, 5.41) is 2.53. The van der Waals surface area contributed by atoms with Crippen molar-refractivity contribution in [3.8, 4) is 0 Å². The Balaban J connectivity index is 2.89. The van der Waals surface area contributed by atoms with Crippen molar-refractivity contribution in [2.75, 3.05) is 12.3 Å². The van der Waals surface area contributed by atoms with Crippen molar-refractivity contribution >= 4 is 21.6 Å². The van der Waals surface area contributed by atoms with Crippen LogP contribution in [0.2, 0.25) is 0 Å². The Labute approximate surface area is 121 Å². The van der Waals surface area contributed by atoms with Gasteiger partial charge >= 0.3 is 0 Å². The zero-order valence-electron chi connectivity index (χ0n) is 11.8. The minimum atomic E-state index is -4.31. The third-order valence-electron chi connectivity index (χ3n) is 2.32. The van der Waals surface area contributed by atoms with Crippen molar-refractivity contribution < 1.29 is 22.0 Å². The summed E-state index contributed by atoms with van der Waals surface area (Å²) in [7, 11) is -4.31. The fourth-order valence-electron chi connectivity index (χ4n) is 1.46. The summed E-state index contributed by atoms with van der Waals surface area (Å²) in [6.45, 7) is 4.59. The van der Waals surface area contributed by atoms with Crippen LogP contribution in [0.15, 0.2) is 17.0 Å². The van der Waals surface area contributed by atoms with Crippen molar-refractivity contribution in [1.29, 1.82) is 0 Å². The van der Waals surface area contributed by atoms with Crippen molar-refractivity contribution in [1.82, 2.24) is 10.0 Å². The Hall–Kier alpha value is -1.74. The maximum absolute atomic E-state index is 13.7. The molecule has 9 heteroatoms. The van der Waals surface area contributed by atoms with Crippen LogP contribution in [0.25, 0.3) is 0 Å². The van der Waals surface area contributed by atoms with E-state index in [1.807, 2.05) is 4.72 Å². The molecule has 0 atom stereocenters. The van der Waals surface area contributed by atoms with Gasteiger partial charge < -0.3 is 11.1 Å². The zero-order valence-corrected chi connectivity index (χ0v) is 12.6. The van der Waals surface area contributed by atoms with Gasteiger partial charge in [0.05, 0.1) is 6.54 Å². The van der Waals surface area contributed by atoms with Crippen molar-refractivity contribution in [2.24, 2.45) is 0 Å². The van der Waals surface area contributed by atoms with Crippen LogP contribution in [-0.4, -0.2) is 26.4 Å². The predicted molar refractivity (Wildman–Crippen MR) is 73.9 cm³/mol.